The van der Waals surface area contributed by atoms with E-state index in [0.717, 1.165) is 25.9 Å². The van der Waals surface area contributed by atoms with Gasteiger partial charge in [0, 0.05) is 6.54 Å². The molecule has 4 heteroatoms. The second-order valence-electron chi connectivity index (χ2n) is 4.27. The molecule has 0 aromatic rings. The summed E-state index contributed by atoms with van der Waals surface area (Å²) >= 11 is 0. The smallest absolute Gasteiger partial charge is 0.336 e. The van der Waals surface area contributed by atoms with Crippen LogP contribution in [0, 0.1) is 0 Å². The molecule has 0 saturated carbocycles. The van der Waals surface area contributed by atoms with Crippen molar-refractivity contribution in [3.63, 3.8) is 0 Å². The number of aliphatic hydroxyl groups is 1. The van der Waals surface area contributed by atoms with Gasteiger partial charge in [0.25, 0.3) is 0 Å². The summed E-state index contributed by atoms with van der Waals surface area (Å²) in [7, 11) is 0. The molecule has 1 fully saturated rings. The van der Waals surface area contributed by atoms with Crippen LogP contribution in [0.3, 0.4) is 0 Å². The Labute approximate surface area is 84.5 Å². The predicted molar refractivity (Wildman–Crippen MR) is 53.2 cm³/mol. The minimum atomic E-state index is -1.61. The van der Waals surface area contributed by atoms with Gasteiger partial charge in [0.15, 0.2) is 5.60 Å². The number of hydrogen-bond donors (Lipinski definition) is 2. The van der Waals surface area contributed by atoms with Crippen molar-refractivity contribution in [3.05, 3.63) is 0 Å². The molecular formula is C10H19NO3. The summed E-state index contributed by atoms with van der Waals surface area (Å²) in [5.41, 5.74) is -1.61. The highest BCUT2D eigenvalue weighted by atomic mass is 16.4. The quantitative estimate of drug-likeness (QED) is 0.705. The van der Waals surface area contributed by atoms with Crippen LogP contribution < -0.4 is 0 Å². The van der Waals surface area contributed by atoms with Crippen LogP contribution in [0.15, 0.2) is 0 Å². The van der Waals surface area contributed by atoms with E-state index in [0.29, 0.717) is 0 Å². The summed E-state index contributed by atoms with van der Waals surface area (Å²) < 4.78 is 0. The molecule has 0 aliphatic carbocycles. The molecule has 1 aliphatic rings. The van der Waals surface area contributed by atoms with Crippen LogP contribution in [-0.4, -0.2) is 46.3 Å². The van der Waals surface area contributed by atoms with Gasteiger partial charge in [-0.1, -0.05) is 12.8 Å². The number of carboxylic acid groups (broad SMARTS) is 1. The van der Waals surface area contributed by atoms with E-state index >= 15 is 0 Å². The fourth-order valence-electron chi connectivity index (χ4n) is 1.80. The van der Waals surface area contributed by atoms with Crippen LogP contribution in [0.4, 0.5) is 0 Å². The summed E-state index contributed by atoms with van der Waals surface area (Å²) in [5.74, 6) is -1.14. The molecule has 0 radical (unpaired) electrons. The highest BCUT2D eigenvalue weighted by Gasteiger charge is 2.32. The summed E-state index contributed by atoms with van der Waals surface area (Å²) in [6.45, 7) is 3.41. The van der Waals surface area contributed by atoms with Crippen molar-refractivity contribution in [1.82, 2.24) is 4.90 Å². The molecule has 1 unspecified atom stereocenters. The first kappa shape index (κ1) is 11.5. The number of nitrogens with zero attached hydrogens (tertiary/aromatic N) is 1. The number of carbonyl (C=O) groups is 1. The first-order valence-electron chi connectivity index (χ1n) is 5.20. The summed E-state index contributed by atoms with van der Waals surface area (Å²) in [6, 6.07) is 0. The van der Waals surface area contributed by atoms with Crippen molar-refractivity contribution < 1.29 is 15.0 Å². The molecule has 1 rings (SSSR count). The fourth-order valence-corrected chi connectivity index (χ4v) is 1.80. The third-order valence-corrected chi connectivity index (χ3v) is 2.69. The summed E-state index contributed by atoms with van der Waals surface area (Å²) in [4.78, 5) is 12.7. The lowest BCUT2D eigenvalue weighted by Crippen LogP contribution is -2.47. The highest BCUT2D eigenvalue weighted by Crippen LogP contribution is 2.13. The van der Waals surface area contributed by atoms with E-state index in [1.54, 1.807) is 0 Å². The Hall–Kier alpha value is -0.610. The number of aliphatic carboxylic acids is 1. The van der Waals surface area contributed by atoms with Crippen LogP contribution in [0.25, 0.3) is 0 Å². The van der Waals surface area contributed by atoms with Crippen molar-refractivity contribution in [3.8, 4) is 0 Å². The molecule has 4 nitrogen and oxygen atoms in total. The molecule has 1 aliphatic heterocycles. The zero-order chi connectivity index (χ0) is 10.6. The van der Waals surface area contributed by atoms with Gasteiger partial charge in [0.05, 0.1) is 0 Å². The number of hydrogen-bond acceptors (Lipinski definition) is 3. The highest BCUT2D eigenvalue weighted by molar-refractivity contribution is 5.76. The zero-order valence-electron chi connectivity index (χ0n) is 8.70. The van der Waals surface area contributed by atoms with E-state index < -0.39 is 11.6 Å². The normalized spacial score (nSPS) is 23.9. The minimum Gasteiger partial charge on any atom is -0.479 e. The first-order valence-corrected chi connectivity index (χ1v) is 5.20. The van der Waals surface area contributed by atoms with Crippen LogP contribution in [0.1, 0.15) is 32.6 Å². The number of β-amino-alcohol motifs (C(OH)–C–C–N with tert-alkyl or cyclic N) is 1. The van der Waals surface area contributed by atoms with Gasteiger partial charge in [0.2, 0.25) is 0 Å². The van der Waals surface area contributed by atoms with Gasteiger partial charge in [-0.15, -0.1) is 0 Å². The van der Waals surface area contributed by atoms with Gasteiger partial charge >= 0.3 is 5.97 Å². The van der Waals surface area contributed by atoms with Crippen molar-refractivity contribution in [2.45, 2.75) is 38.2 Å². The van der Waals surface area contributed by atoms with Gasteiger partial charge < -0.3 is 10.2 Å². The maximum atomic E-state index is 10.7. The Bertz CT molecular complexity index is 196. The van der Waals surface area contributed by atoms with E-state index in [4.69, 9.17) is 5.11 Å². The molecule has 1 atom stereocenters. The van der Waals surface area contributed by atoms with Gasteiger partial charge in [-0.3, -0.25) is 4.90 Å². The average Bonchev–Trinajstić information content (AvgIpc) is 2.32. The Morgan fingerprint density at radius 1 is 1.29 bits per heavy atom. The van der Waals surface area contributed by atoms with Gasteiger partial charge in [-0.05, 0) is 32.9 Å². The molecule has 0 bridgehead atoms. The third-order valence-electron chi connectivity index (χ3n) is 2.69. The molecule has 1 saturated heterocycles. The second-order valence-corrected chi connectivity index (χ2v) is 4.27. The van der Waals surface area contributed by atoms with Crippen LogP contribution >= 0.6 is 0 Å². The molecule has 0 aromatic carbocycles. The van der Waals surface area contributed by atoms with E-state index in [1.165, 1.54) is 19.8 Å². The lowest BCUT2D eigenvalue weighted by atomic mass is 10.1. The van der Waals surface area contributed by atoms with Gasteiger partial charge in [-0.25, -0.2) is 4.79 Å². The molecule has 1 heterocycles. The lowest BCUT2D eigenvalue weighted by Gasteiger charge is -2.27. The second kappa shape index (κ2) is 4.75. The topological polar surface area (TPSA) is 60.8 Å². The molecular weight excluding hydrogens is 182 g/mol. The zero-order valence-corrected chi connectivity index (χ0v) is 8.70. The van der Waals surface area contributed by atoms with Crippen molar-refractivity contribution >= 4 is 5.97 Å². The average molecular weight is 201 g/mol. The molecule has 82 valence electrons. The Balaban J connectivity index is 2.45. The molecule has 0 spiro atoms. The Morgan fingerprint density at radius 3 is 2.21 bits per heavy atom. The number of likely N-dealkylation sites (tertiary alicyclic amines) is 1. The van der Waals surface area contributed by atoms with Crippen molar-refractivity contribution in [2.24, 2.45) is 0 Å². The van der Waals surface area contributed by atoms with Crippen molar-refractivity contribution in [2.75, 3.05) is 19.6 Å². The van der Waals surface area contributed by atoms with E-state index in [-0.39, 0.29) is 6.54 Å². The van der Waals surface area contributed by atoms with Gasteiger partial charge in [-0.2, -0.15) is 0 Å². The van der Waals surface area contributed by atoms with E-state index in [1.807, 2.05) is 4.90 Å². The Morgan fingerprint density at radius 2 is 1.79 bits per heavy atom. The van der Waals surface area contributed by atoms with Gasteiger partial charge in [0.1, 0.15) is 0 Å². The minimum absolute atomic E-state index is 0.238. The number of rotatable bonds is 3. The van der Waals surface area contributed by atoms with Crippen LogP contribution in [0.5, 0.6) is 0 Å². The first-order chi connectivity index (χ1) is 6.52. The predicted octanol–water partition coefficient (Wildman–Crippen LogP) is 0.698. The lowest BCUT2D eigenvalue weighted by molar-refractivity contribution is -0.158. The van der Waals surface area contributed by atoms with E-state index in [9.17, 15) is 9.90 Å². The van der Waals surface area contributed by atoms with Crippen LogP contribution in [0.2, 0.25) is 0 Å². The monoisotopic (exact) mass is 201 g/mol. The maximum Gasteiger partial charge on any atom is 0.336 e. The molecule has 14 heavy (non-hydrogen) atoms. The summed E-state index contributed by atoms with van der Waals surface area (Å²) in [6.07, 6.45) is 4.64. The largest absolute Gasteiger partial charge is 0.479 e. The fraction of sp³-hybridized carbons (Fsp3) is 0.900. The summed E-state index contributed by atoms with van der Waals surface area (Å²) in [5, 5.41) is 18.4. The maximum absolute atomic E-state index is 10.7. The van der Waals surface area contributed by atoms with Crippen molar-refractivity contribution in [1.29, 1.82) is 0 Å². The van der Waals surface area contributed by atoms with E-state index in [2.05, 4.69) is 0 Å². The molecule has 2 N–H and O–H groups in total. The SMILES string of the molecule is CC(O)(CN1CCCCCC1)C(=O)O. The standard InChI is InChI=1S/C10H19NO3/c1-10(14,9(12)13)8-11-6-4-2-3-5-7-11/h14H,2-8H2,1H3,(H,12,13). The Kier molecular flexibility index (Phi) is 3.89. The van der Waals surface area contributed by atoms with Crippen LogP contribution in [-0.2, 0) is 4.79 Å². The molecule has 0 aromatic heterocycles. The molecule has 0 amide bonds. The third kappa shape index (κ3) is 3.27. The number of carboxylic acids is 1.